The van der Waals surface area contributed by atoms with Gasteiger partial charge in [-0.05, 0) is 23.8 Å². The summed E-state index contributed by atoms with van der Waals surface area (Å²) in [5, 5.41) is 1.10. The van der Waals surface area contributed by atoms with Crippen molar-refractivity contribution >= 4 is 10.9 Å². The van der Waals surface area contributed by atoms with E-state index in [1.54, 1.807) is 25.7 Å². The number of aromatic nitrogens is 2. The number of pyridine rings is 2. The molecular weight excluding hydrogens is 264 g/mol. The van der Waals surface area contributed by atoms with Crippen molar-refractivity contribution in [2.24, 2.45) is 5.84 Å². The molecule has 0 radical (unpaired) electrons. The molecule has 0 saturated carbocycles. The van der Waals surface area contributed by atoms with E-state index in [2.05, 4.69) is 15.4 Å². The van der Waals surface area contributed by atoms with E-state index >= 15 is 0 Å². The first kappa shape index (κ1) is 13.5. The summed E-state index contributed by atoms with van der Waals surface area (Å²) < 4.78 is 5.36. The fourth-order valence-corrected chi connectivity index (χ4v) is 2.43. The molecule has 106 valence electrons. The van der Waals surface area contributed by atoms with Crippen molar-refractivity contribution in [2.75, 3.05) is 7.11 Å². The molecule has 1 aromatic carbocycles. The van der Waals surface area contributed by atoms with Crippen molar-refractivity contribution in [3.8, 4) is 5.75 Å². The van der Waals surface area contributed by atoms with Crippen molar-refractivity contribution in [1.82, 2.24) is 15.4 Å². The predicted molar refractivity (Wildman–Crippen MR) is 81.7 cm³/mol. The van der Waals surface area contributed by atoms with E-state index in [1.807, 2.05) is 36.4 Å². The fourth-order valence-electron chi connectivity index (χ4n) is 2.43. The fraction of sp³-hybridized carbons (Fsp3) is 0.125. The molecule has 5 heteroatoms. The number of nitrogens with one attached hydrogen (secondary N) is 1. The summed E-state index contributed by atoms with van der Waals surface area (Å²) in [5.74, 6) is 6.45. The first-order valence-electron chi connectivity index (χ1n) is 6.62. The Kier molecular flexibility index (Phi) is 3.77. The molecule has 0 aliphatic carbocycles. The first-order chi connectivity index (χ1) is 10.3. The molecule has 0 spiro atoms. The summed E-state index contributed by atoms with van der Waals surface area (Å²) in [5.41, 5.74) is 5.73. The van der Waals surface area contributed by atoms with Crippen LogP contribution in [0.5, 0.6) is 5.75 Å². The van der Waals surface area contributed by atoms with Gasteiger partial charge in [-0.25, -0.2) is 5.43 Å². The van der Waals surface area contributed by atoms with Crippen LogP contribution in [0.4, 0.5) is 0 Å². The second-order valence-electron chi connectivity index (χ2n) is 4.67. The maximum absolute atomic E-state index is 5.76. The summed E-state index contributed by atoms with van der Waals surface area (Å²) in [6.07, 6.45) is 5.18. The normalized spacial score (nSPS) is 12.3. The number of hydrogen-bond donors (Lipinski definition) is 2. The van der Waals surface area contributed by atoms with Gasteiger partial charge in [0.1, 0.15) is 5.75 Å². The lowest BCUT2D eigenvalue weighted by atomic mass is 9.98. The van der Waals surface area contributed by atoms with Crippen molar-refractivity contribution in [3.63, 3.8) is 0 Å². The molecule has 1 unspecified atom stereocenters. The zero-order valence-corrected chi connectivity index (χ0v) is 11.7. The molecule has 2 aromatic heterocycles. The lowest BCUT2D eigenvalue weighted by Crippen LogP contribution is -2.29. The Bertz CT molecular complexity index is 760. The van der Waals surface area contributed by atoms with Crippen LogP contribution >= 0.6 is 0 Å². The van der Waals surface area contributed by atoms with Gasteiger partial charge in [0.25, 0.3) is 0 Å². The van der Waals surface area contributed by atoms with E-state index in [0.717, 1.165) is 22.0 Å². The van der Waals surface area contributed by atoms with Crippen LogP contribution in [0, 0.1) is 0 Å². The lowest BCUT2D eigenvalue weighted by molar-refractivity contribution is 0.402. The van der Waals surface area contributed by atoms with Crippen LogP contribution in [0.2, 0.25) is 0 Å². The molecule has 0 bridgehead atoms. The number of ether oxygens (including phenoxy) is 1. The molecule has 5 nitrogen and oxygen atoms in total. The van der Waals surface area contributed by atoms with Gasteiger partial charge < -0.3 is 4.74 Å². The maximum Gasteiger partial charge on any atom is 0.142 e. The van der Waals surface area contributed by atoms with Crippen molar-refractivity contribution < 1.29 is 4.74 Å². The highest BCUT2D eigenvalue weighted by Gasteiger charge is 2.17. The average molecular weight is 280 g/mol. The van der Waals surface area contributed by atoms with E-state index in [-0.39, 0.29) is 6.04 Å². The van der Waals surface area contributed by atoms with Crippen LogP contribution in [-0.4, -0.2) is 17.1 Å². The summed E-state index contributed by atoms with van der Waals surface area (Å²) >= 11 is 0. The third-order valence-electron chi connectivity index (χ3n) is 3.48. The van der Waals surface area contributed by atoms with Crippen molar-refractivity contribution in [1.29, 1.82) is 0 Å². The standard InChI is InChI=1S/C16H16N4O/c1-21-15-10-18-8-6-13(15)16(20-17)12-5-4-11-3-2-7-19-14(11)9-12/h2-10,16,20H,17H2,1H3. The van der Waals surface area contributed by atoms with Crippen LogP contribution < -0.4 is 16.0 Å². The summed E-state index contributed by atoms with van der Waals surface area (Å²) in [6.45, 7) is 0. The number of methoxy groups -OCH3 is 1. The number of nitrogens with two attached hydrogens (primary N) is 1. The molecule has 2 heterocycles. The molecule has 21 heavy (non-hydrogen) atoms. The topological polar surface area (TPSA) is 73.1 Å². The second kappa shape index (κ2) is 5.87. The molecule has 1 atom stereocenters. The van der Waals surface area contributed by atoms with E-state index in [1.165, 1.54) is 0 Å². The highest BCUT2D eigenvalue weighted by molar-refractivity contribution is 5.79. The van der Waals surface area contributed by atoms with Gasteiger partial charge in [-0.15, -0.1) is 0 Å². The van der Waals surface area contributed by atoms with E-state index in [9.17, 15) is 0 Å². The van der Waals surface area contributed by atoms with Crippen LogP contribution in [-0.2, 0) is 0 Å². The number of nitrogens with zero attached hydrogens (tertiary/aromatic N) is 2. The number of rotatable bonds is 4. The van der Waals surface area contributed by atoms with Gasteiger partial charge in [0, 0.05) is 23.3 Å². The van der Waals surface area contributed by atoms with E-state index in [4.69, 9.17) is 10.6 Å². The zero-order valence-electron chi connectivity index (χ0n) is 11.7. The van der Waals surface area contributed by atoms with Gasteiger partial charge in [0.05, 0.1) is 24.9 Å². The van der Waals surface area contributed by atoms with Crippen LogP contribution in [0.1, 0.15) is 17.2 Å². The summed E-state index contributed by atoms with van der Waals surface area (Å²) in [6, 6.07) is 11.8. The van der Waals surface area contributed by atoms with Gasteiger partial charge in [-0.1, -0.05) is 18.2 Å². The average Bonchev–Trinajstić information content (AvgIpc) is 2.56. The number of fused-ring (bicyclic) bond motifs is 1. The van der Waals surface area contributed by atoms with Gasteiger partial charge >= 0.3 is 0 Å². The predicted octanol–water partition coefficient (Wildman–Crippen LogP) is 2.19. The molecule has 0 amide bonds. The second-order valence-corrected chi connectivity index (χ2v) is 4.67. The molecule has 0 saturated heterocycles. The highest BCUT2D eigenvalue weighted by atomic mass is 16.5. The van der Waals surface area contributed by atoms with E-state index < -0.39 is 0 Å². The number of benzene rings is 1. The molecule has 0 fully saturated rings. The Morgan fingerprint density at radius 2 is 2.10 bits per heavy atom. The Morgan fingerprint density at radius 3 is 2.90 bits per heavy atom. The Hall–Kier alpha value is -2.50. The molecule has 0 aliphatic rings. The minimum Gasteiger partial charge on any atom is -0.495 e. The largest absolute Gasteiger partial charge is 0.495 e. The van der Waals surface area contributed by atoms with Gasteiger partial charge in [-0.2, -0.15) is 0 Å². The molecule has 3 N–H and O–H groups in total. The van der Waals surface area contributed by atoms with Gasteiger partial charge in [0.2, 0.25) is 0 Å². The summed E-state index contributed by atoms with van der Waals surface area (Å²) in [4.78, 5) is 8.45. The quantitative estimate of drug-likeness (QED) is 0.566. The van der Waals surface area contributed by atoms with Crippen LogP contribution in [0.15, 0.2) is 55.0 Å². The Balaban J connectivity index is 2.09. The smallest absolute Gasteiger partial charge is 0.142 e. The minimum absolute atomic E-state index is 0.186. The maximum atomic E-state index is 5.76. The van der Waals surface area contributed by atoms with E-state index in [0.29, 0.717) is 5.75 Å². The first-order valence-corrected chi connectivity index (χ1v) is 6.62. The third kappa shape index (κ3) is 2.56. The number of hydrazine groups is 1. The molecular formula is C16H16N4O. The SMILES string of the molecule is COc1cnccc1C(NN)c1ccc2cccnc2c1. The summed E-state index contributed by atoms with van der Waals surface area (Å²) in [7, 11) is 1.62. The third-order valence-corrected chi connectivity index (χ3v) is 3.48. The monoisotopic (exact) mass is 280 g/mol. The zero-order chi connectivity index (χ0) is 14.7. The Labute approximate surface area is 122 Å². The van der Waals surface area contributed by atoms with Crippen LogP contribution in [0.3, 0.4) is 0 Å². The highest BCUT2D eigenvalue weighted by Crippen LogP contribution is 2.29. The molecule has 3 rings (SSSR count). The van der Waals surface area contributed by atoms with Crippen LogP contribution in [0.25, 0.3) is 10.9 Å². The van der Waals surface area contributed by atoms with Crippen molar-refractivity contribution in [3.05, 3.63) is 66.1 Å². The lowest BCUT2D eigenvalue weighted by Gasteiger charge is -2.19. The minimum atomic E-state index is -0.186. The van der Waals surface area contributed by atoms with Gasteiger partial charge in [-0.3, -0.25) is 15.8 Å². The molecule has 3 aromatic rings. The van der Waals surface area contributed by atoms with Crippen molar-refractivity contribution in [2.45, 2.75) is 6.04 Å². The Morgan fingerprint density at radius 1 is 1.19 bits per heavy atom. The number of hydrogen-bond acceptors (Lipinski definition) is 5. The van der Waals surface area contributed by atoms with Gasteiger partial charge in [0.15, 0.2) is 0 Å². The molecule has 0 aliphatic heterocycles.